The van der Waals surface area contributed by atoms with Gasteiger partial charge in [0.2, 0.25) is 5.91 Å². The second kappa shape index (κ2) is 12.8. The van der Waals surface area contributed by atoms with Crippen molar-refractivity contribution in [2.24, 2.45) is 11.8 Å². The van der Waals surface area contributed by atoms with Gasteiger partial charge in [0.1, 0.15) is 21.2 Å². The van der Waals surface area contributed by atoms with E-state index >= 15 is 0 Å². The fourth-order valence-corrected chi connectivity index (χ4v) is 9.09. The van der Waals surface area contributed by atoms with Crippen molar-refractivity contribution < 1.29 is 23.9 Å². The van der Waals surface area contributed by atoms with Crippen LogP contribution in [-0.4, -0.2) is 76.3 Å². The van der Waals surface area contributed by atoms with Gasteiger partial charge in [-0.15, -0.1) is 22.7 Å². The van der Waals surface area contributed by atoms with Gasteiger partial charge in [0.05, 0.1) is 16.8 Å². The van der Waals surface area contributed by atoms with Crippen molar-refractivity contribution in [3.8, 4) is 10.6 Å². The maximum Gasteiger partial charge on any atom is 0.410 e. The Morgan fingerprint density at radius 1 is 0.935 bits per heavy atom. The number of fused-ring (bicyclic) bond motifs is 3. The number of para-hydroxylation sites is 1. The number of rotatable bonds is 6. The third-order valence-electron chi connectivity index (χ3n) is 8.66. The molecule has 1 saturated heterocycles. The second-order valence-electron chi connectivity index (χ2n) is 14.7. The molecular weight excluding hydrogens is 623 g/mol. The lowest BCUT2D eigenvalue weighted by molar-refractivity contribution is -0.116. The summed E-state index contributed by atoms with van der Waals surface area (Å²) in [4.78, 5) is 48.3. The molecule has 2 aromatic heterocycles. The number of benzene rings is 1. The minimum absolute atomic E-state index is 0.0493. The molecule has 46 heavy (non-hydrogen) atoms. The van der Waals surface area contributed by atoms with Gasteiger partial charge < -0.3 is 29.9 Å². The molecule has 3 aromatic rings. The molecular formula is C34H45N5O5S2. The number of thiophene rings is 1. The highest BCUT2D eigenvalue weighted by Gasteiger charge is 2.43. The van der Waals surface area contributed by atoms with Gasteiger partial charge in [0.15, 0.2) is 0 Å². The molecule has 2 unspecified atom stereocenters. The number of amides is 3. The molecule has 3 aliphatic rings. The summed E-state index contributed by atoms with van der Waals surface area (Å²) in [6, 6.07) is 8.41. The van der Waals surface area contributed by atoms with Crippen molar-refractivity contribution in [1.82, 2.24) is 20.1 Å². The molecule has 2 fully saturated rings. The summed E-state index contributed by atoms with van der Waals surface area (Å²) >= 11 is 3.16. The molecule has 0 spiro atoms. The molecule has 10 nitrogen and oxygen atoms in total. The van der Waals surface area contributed by atoms with Crippen molar-refractivity contribution >= 4 is 56.0 Å². The van der Waals surface area contributed by atoms with E-state index < -0.39 is 11.2 Å². The lowest BCUT2D eigenvalue weighted by Gasteiger charge is -2.30. The molecule has 2 aliphatic heterocycles. The highest BCUT2D eigenvalue weighted by atomic mass is 32.1. The number of nitrogens with one attached hydrogen (secondary N) is 2. The largest absolute Gasteiger partial charge is 0.444 e. The maximum absolute atomic E-state index is 13.3. The molecule has 12 heteroatoms. The highest BCUT2D eigenvalue weighted by Crippen LogP contribution is 2.46. The van der Waals surface area contributed by atoms with E-state index in [-0.39, 0.29) is 18.1 Å². The zero-order chi connectivity index (χ0) is 32.8. The molecule has 2 N–H and O–H groups in total. The average molecular weight is 668 g/mol. The Hall–Kier alpha value is -3.22. The van der Waals surface area contributed by atoms with E-state index in [1.165, 1.54) is 11.3 Å². The van der Waals surface area contributed by atoms with Crippen molar-refractivity contribution in [3.05, 3.63) is 34.7 Å². The van der Waals surface area contributed by atoms with Crippen LogP contribution in [0.15, 0.2) is 24.3 Å². The van der Waals surface area contributed by atoms with E-state index in [0.29, 0.717) is 50.4 Å². The summed E-state index contributed by atoms with van der Waals surface area (Å²) in [5, 5.41) is 8.48. The summed E-state index contributed by atoms with van der Waals surface area (Å²) in [6.45, 7) is 14.4. The molecule has 248 valence electrons. The van der Waals surface area contributed by atoms with Crippen LogP contribution in [0.5, 0.6) is 0 Å². The number of likely N-dealkylation sites (tertiary alicyclic amines) is 1. The van der Waals surface area contributed by atoms with Gasteiger partial charge in [-0.25, -0.2) is 14.6 Å². The average Bonchev–Trinajstić information content (AvgIpc) is 3.71. The number of nitrogens with zero attached hydrogens (tertiary/aromatic N) is 3. The second-order valence-corrected chi connectivity index (χ2v) is 16.8. The molecule has 0 radical (unpaired) electrons. The summed E-state index contributed by atoms with van der Waals surface area (Å²) in [5.41, 5.74) is 2.01. The van der Waals surface area contributed by atoms with Gasteiger partial charge in [-0.2, -0.15) is 0 Å². The molecule has 4 heterocycles. The van der Waals surface area contributed by atoms with Crippen molar-refractivity contribution in [3.63, 3.8) is 0 Å². The first-order valence-corrected chi connectivity index (χ1v) is 17.9. The number of ether oxygens (including phenoxy) is 2. The van der Waals surface area contributed by atoms with Gasteiger partial charge >= 0.3 is 12.2 Å². The van der Waals surface area contributed by atoms with Gasteiger partial charge in [0, 0.05) is 49.1 Å². The lowest BCUT2D eigenvalue weighted by atomic mass is 10.0. The zero-order valence-corrected chi connectivity index (χ0v) is 29.2. The Labute approximate surface area is 278 Å². The number of thiazole rings is 1. The number of carbonyl (C=O) groups excluding carboxylic acids is 3. The quantitative estimate of drug-likeness (QED) is 0.295. The van der Waals surface area contributed by atoms with Crippen molar-refractivity contribution in [2.75, 3.05) is 31.5 Å². The summed E-state index contributed by atoms with van der Waals surface area (Å²) in [6.07, 6.45) is 2.47. The summed E-state index contributed by atoms with van der Waals surface area (Å²) in [5.74, 6) is 0.882. The number of anilines is 1. The van der Waals surface area contributed by atoms with E-state index in [1.807, 2.05) is 64.6 Å². The van der Waals surface area contributed by atoms with E-state index in [9.17, 15) is 14.4 Å². The molecule has 3 amide bonds. The topological polar surface area (TPSA) is 113 Å². The third kappa shape index (κ3) is 7.50. The Morgan fingerprint density at radius 3 is 2.24 bits per heavy atom. The predicted molar refractivity (Wildman–Crippen MR) is 182 cm³/mol. The smallest absolute Gasteiger partial charge is 0.410 e. The van der Waals surface area contributed by atoms with Crippen LogP contribution in [0.25, 0.3) is 20.8 Å². The number of hydrogen-bond acceptors (Lipinski definition) is 9. The van der Waals surface area contributed by atoms with Crippen LogP contribution in [0.1, 0.15) is 71.2 Å². The molecule has 6 rings (SSSR count). The first kappa shape index (κ1) is 32.7. The van der Waals surface area contributed by atoms with E-state index in [0.717, 1.165) is 62.2 Å². The standard InChI is InChI=1S/C34H45N5O5S2/c1-33(2,3)43-31(41)38-14-12-23-26(19-38)46-30(28(23)29-36-24-9-7-8-10-25(24)45-29)37-27(40)11-13-35-22-15-20-17-39(18-21(20)16-22)32(42)44-34(4,5)6/h7-10,20-22,35H,11-19H2,1-6H3,(H,37,40). The summed E-state index contributed by atoms with van der Waals surface area (Å²) in [7, 11) is 0. The van der Waals surface area contributed by atoms with Crippen LogP contribution >= 0.6 is 22.7 Å². The first-order valence-electron chi connectivity index (χ1n) is 16.2. The summed E-state index contributed by atoms with van der Waals surface area (Å²) < 4.78 is 12.3. The lowest BCUT2D eigenvalue weighted by Crippen LogP contribution is -2.39. The molecule has 1 saturated carbocycles. The number of carbonyl (C=O) groups is 3. The van der Waals surface area contributed by atoms with Crippen LogP contribution in [0.4, 0.5) is 14.6 Å². The van der Waals surface area contributed by atoms with Crippen molar-refractivity contribution in [1.29, 1.82) is 0 Å². The zero-order valence-electron chi connectivity index (χ0n) is 27.6. The normalized spacial score (nSPS) is 21.3. The third-order valence-corrected chi connectivity index (χ3v) is 10.8. The first-order chi connectivity index (χ1) is 21.7. The minimum Gasteiger partial charge on any atom is -0.444 e. The van der Waals surface area contributed by atoms with Crippen LogP contribution in [0.2, 0.25) is 0 Å². The van der Waals surface area contributed by atoms with Crippen molar-refractivity contribution in [2.45, 2.75) is 91.0 Å². The van der Waals surface area contributed by atoms with Gasteiger partial charge in [-0.1, -0.05) is 12.1 Å². The highest BCUT2D eigenvalue weighted by molar-refractivity contribution is 7.23. The van der Waals surface area contributed by atoms with Crippen LogP contribution in [-0.2, 0) is 27.2 Å². The molecule has 1 aromatic carbocycles. The maximum atomic E-state index is 13.3. The van der Waals surface area contributed by atoms with E-state index in [1.54, 1.807) is 16.2 Å². The van der Waals surface area contributed by atoms with Crippen LogP contribution < -0.4 is 10.6 Å². The fourth-order valence-electron chi connectivity index (χ4n) is 6.70. The number of hydrogen-bond donors (Lipinski definition) is 2. The Kier molecular flexibility index (Phi) is 9.08. The van der Waals surface area contributed by atoms with Gasteiger partial charge in [-0.05, 0) is 90.3 Å². The Morgan fingerprint density at radius 2 is 1.59 bits per heavy atom. The van der Waals surface area contributed by atoms with Gasteiger partial charge in [-0.3, -0.25) is 4.79 Å². The monoisotopic (exact) mass is 667 g/mol. The van der Waals surface area contributed by atoms with Crippen LogP contribution in [0.3, 0.4) is 0 Å². The SMILES string of the molecule is CC(C)(C)OC(=O)N1CCc2c(sc(NC(=O)CCNC3CC4CN(C(=O)OC(C)(C)C)CC4C3)c2-c2nc3ccccc3s2)C1. The Balaban J connectivity index is 1.08. The molecule has 2 atom stereocenters. The van der Waals surface area contributed by atoms with Crippen LogP contribution in [0, 0.1) is 11.8 Å². The minimum atomic E-state index is -0.566. The predicted octanol–water partition coefficient (Wildman–Crippen LogP) is 6.88. The van der Waals surface area contributed by atoms with E-state index in [2.05, 4.69) is 16.7 Å². The fraction of sp³-hybridized carbons (Fsp3) is 0.588. The Bertz CT molecular complexity index is 1570. The molecule has 0 bridgehead atoms. The van der Waals surface area contributed by atoms with E-state index in [4.69, 9.17) is 14.5 Å². The molecule has 1 aliphatic carbocycles. The number of aromatic nitrogens is 1. The van der Waals surface area contributed by atoms with Gasteiger partial charge in [0.25, 0.3) is 0 Å².